The second kappa shape index (κ2) is 7.21. The molecule has 0 atom stereocenters. The summed E-state index contributed by atoms with van der Waals surface area (Å²) >= 11 is 6.12. The first-order valence-corrected chi connectivity index (χ1v) is 10.9. The molecule has 0 unspecified atom stereocenters. The Morgan fingerprint density at radius 3 is 1.19 bits per heavy atom. The van der Waals surface area contributed by atoms with Gasteiger partial charge in [-0.25, -0.2) is 35.1 Å². The molecule has 0 saturated heterocycles. The van der Waals surface area contributed by atoms with E-state index >= 15 is 0 Å². The Labute approximate surface area is 173 Å². The van der Waals surface area contributed by atoms with Crippen molar-refractivity contribution in [1.82, 2.24) is 0 Å². The van der Waals surface area contributed by atoms with Crippen molar-refractivity contribution in [3.8, 4) is 0 Å². The minimum absolute atomic E-state index is 0.779. The quantitative estimate of drug-likeness (QED) is 0.137. The Bertz CT molecular complexity index is 1360. The maximum atomic E-state index is 14.5. The molecule has 160 valence electrons. The summed E-state index contributed by atoms with van der Waals surface area (Å²) in [7, 11) is 0. The summed E-state index contributed by atoms with van der Waals surface area (Å²) in [5.41, 5.74) is 0. The molecule has 0 aliphatic carbocycles. The van der Waals surface area contributed by atoms with Gasteiger partial charge in [0.25, 0.3) is 0 Å². The van der Waals surface area contributed by atoms with Crippen molar-refractivity contribution in [2.24, 2.45) is 0 Å². The molecule has 1 nitrogen and oxygen atoms in total. The van der Waals surface area contributed by atoms with Crippen LogP contribution < -0.4 is 10.6 Å². The van der Waals surface area contributed by atoms with Crippen molar-refractivity contribution in [2.45, 2.75) is 0 Å². The molecule has 0 fully saturated rings. The lowest BCUT2D eigenvalue weighted by Crippen LogP contribution is -2.18. The zero-order chi connectivity index (χ0) is 22.8. The van der Waals surface area contributed by atoms with E-state index in [9.17, 15) is 39.7 Å². The lowest BCUT2D eigenvalue weighted by atomic mass is 10.1. The van der Waals surface area contributed by atoms with Gasteiger partial charge in [0.2, 0.25) is 6.49 Å². The molecular formula is C20H6ClF8OP. The smallest absolute Gasteiger partial charge is 0.227 e. The van der Waals surface area contributed by atoms with Gasteiger partial charge in [0, 0.05) is 32.2 Å². The van der Waals surface area contributed by atoms with E-state index in [4.69, 9.17) is 11.2 Å². The van der Waals surface area contributed by atoms with Gasteiger partial charge in [0.05, 0.1) is 0 Å². The maximum absolute atomic E-state index is 14.5. The lowest BCUT2D eigenvalue weighted by Gasteiger charge is -2.18. The molecule has 0 radical (unpaired) electrons. The fraction of sp³-hybridized carbons (Fsp3) is 0. The highest BCUT2D eigenvalue weighted by Crippen LogP contribution is 2.53. The molecule has 0 amide bonds. The predicted octanol–water partition coefficient (Wildman–Crippen LogP) is 6.57. The zero-order valence-electron chi connectivity index (χ0n) is 14.7. The predicted molar refractivity (Wildman–Crippen MR) is 100 cm³/mol. The number of hydrogen-bond acceptors (Lipinski definition) is 1. The summed E-state index contributed by atoms with van der Waals surface area (Å²) in [6.07, 6.45) is 0. The van der Waals surface area contributed by atoms with Crippen LogP contribution in [0.4, 0.5) is 35.1 Å². The van der Waals surface area contributed by atoms with Gasteiger partial charge < -0.3 is 0 Å². The van der Waals surface area contributed by atoms with E-state index in [-0.39, 0.29) is 0 Å². The summed E-state index contributed by atoms with van der Waals surface area (Å²) in [5, 5.41) is -5.20. The van der Waals surface area contributed by atoms with Gasteiger partial charge in [0.1, 0.15) is 0 Å². The van der Waals surface area contributed by atoms with Crippen LogP contribution in [0.1, 0.15) is 0 Å². The molecule has 4 aromatic rings. The lowest BCUT2D eigenvalue weighted by molar-refractivity contribution is 0.418. The third kappa shape index (κ3) is 2.94. The second-order valence-corrected chi connectivity index (χ2v) is 9.90. The first kappa shape index (κ1) is 21.6. The Morgan fingerprint density at radius 1 is 0.516 bits per heavy atom. The van der Waals surface area contributed by atoms with Crippen molar-refractivity contribution in [1.29, 1.82) is 0 Å². The number of benzene rings is 4. The van der Waals surface area contributed by atoms with Crippen LogP contribution in [0.5, 0.6) is 0 Å². The van der Waals surface area contributed by atoms with E-state index in [0.29, 0.717) is 0 Å². The van der Waals surface area contributed by atoms with Crippen LogP contribution in [-0.4, -0.2) is 0 Å². The standard InChI is InChI=1S/C20H6ClF8OP/c21-31(30,9-5-1-3-7-11(9)15(24)19(28)17(26)13(7)22)10-6-2-4-8-12(10)16(25)20(29)18(27)14(8)23/h1-6H. The van der Waals surface area contributed by atoms with Gasteiger partial charge in [-0.2, -0.15) is 0 Å². The van der Waals surface area contributed by atoms with Crippen molar-refractivity contribution >= 4 is 49.9 Å². The first-order valence-electron chi connectivity index (χ1n) is 8.30. The summed E-state index contributed by atoms with van der Waals surface area (Å²) in [6.45, 7) is -4.77. The van der Waals surface area contributed by atoms with Crippen LogP contribution in [0.2, 0.25) is 0 Å². The molecule has 31 heavy (non-hydrogen) atoms. The summed E-state index contributed by atoms with van der Waals surface area (Å²) < 4.78 is 126. The summed E-state index contributed by atoms with van der Waals surface area (Å²) in [6, 6.07) is 5.46. The molecule has 0 aliphatic heterocycles. The number of rotatable bonds is 2. The SMILES string of the molecule is O=P(Cl)(c1cccc2c(F)c(F)c(F)c(F)c12)c1cccc2c(F)c(F)c(F)c(F)c12. The van der Waals surface area contributed by atoms with E-state index in [0.717, 1.165) is 36.4 Å². The molecule has 0 bridgehead atoms. The molecule has 0 N–H and O–H groups in total. The summed E-state index contributed by atoms with van der Waals surface area (Å²) in [5.74, 6) is -16.1. The Balaban J connectivity index is 2.17. The number of hydrogen-bond donors (Lipinski definition) is 0. The molecule has 0 aromatic heterocycles. The third-order valence-corrected chi connectivity index (χ3v) is 7.85. The summed E-state index contributed by atoms with van der Waals surface area (Å²) in [4.78, 5) is 0. The Kier molecular flexibility index (Phi) is 5.02. The molecule has 0 saturated carbocycles. The second-order valence-electron chi connectivity index (χ2n) is 6.44. The van der Waals surface area contributed by atoms with Crippen molar-refractivity contribution in [3.05, 3.63) is 82.9 Å². The van der Waals surface area contributed by atoms with E-state index in [1.165, 1.54) is 0 Å². The van der Waals surface area contributed by atoms with Gasteiger partial charge in [-0.1, -0.05) is 24.3 Å². The van der Waals surface area contributed by atoms with Crippen LogP contribution >= 0.6 is 17.7 Å². The van der Waals surface area contributed by atoms with E-state index in [1.54, 1.807) is 0 Å². The van der Waals surface area contributed by atoms with E-state index in [2.05, 4.69) is 0 Å². The molecule has 11 heteroatoms. The van der Waals surface area contributed by atoms with Crippen LogP contribution in [0, 0.1) is 46.5 Å². The van der Waals surface area contributed by atoms with E-state index < -0.39 is 85.2 Å². The number of halogens is 9. The van der Waals surface area contributed by atoms with Gasteiger partial charge >= 0.3 is 0 Å². The Morgan fingerprint density at radius 2 is 0.839 bits per heavy atom. The van der Waals surface area contributed by atoms with Crippen LogP contribution in [0.3, 0.4) is 0 Å². The van der Waals surface area contributed by atoms with Crippen molar-refractivity contribution in [3.63, 3.8) is 0 Å². The monoisotopic (exact) mass is 480 g/mol. The highest BCUT2D eigenvalue weighted by Gasteiger charge is 2.35. The number of fused-ring (bicyclic) bond motifs is 2. The van der Waals surface area contributed by atoms with Gasteiger partial charge in [-0.05, 0) is 23.4 Å². The fourth-order valence-electron chi connectivity index (χ4n) is 3.36. The fourth-order valence-corrected chi connectivity index (χ4v) is 6.03. The topological polar surface area (TPSA) is 17.1 Å². The average molecular weight is 481 g/mol. The van der Waals surface area contributed by atoms with Crippen LogP contribution in [0.25, 0.3) is 21.5 Å². The normalized spacial score (nSPS) is 12.2. The van der Waals surface area contributed by atoms with Crippen molar-refractivity contribution < 1.29 is 39.7 Å². The Hall–Kier alpha value is -2.64. The third-order valence-electron chi connectivity index (χ3n) is 4.77. The molecular weight excluding hydrogens is 475 g/mol. The average Bonchev–Trinajstić information content (AvgIpc) is 2.77. The largest absolute Gasteiger partial charge is 0.296 e. The minimum atomic E-state index is -4.77. The molecule has 0 aliphatic rings. The highest BCUT2D eigenvalue weighted by molar-refractivity contribution is 8.01. The minimum Gasteiger partial charge on any atom is -0.296 e. The highest BCUT2D eigenvalue weighted by atomic mass is 35.7. The van der Waals surface area contributed by atoms with E-state index in [1.807, 2.05) is 0 Å². The zero-order valence-corrected chi connectivity index (χ0v) is 16.4. The van der Waals surface area contributed by atoms with Crippen LogP contribution in [0.15, 0.2) is 36.4 Å². The molecule has 4 rings (SSSR count). The molecule has 0 spiro atoms. The first-order chi connectivity index (χ1) is 14.5. The van der Waals surface area contributed by atoms with Crippen LogP contribution in [-0.2, 0) is 4.57 Å². The maximum Gasteiger partial charge on any atom is 0.227 e. The van der Waals surface area contributed by atoms with Crippen molar-refractivity contribution in [2.75, 3.05) is 0 Å². The van der Waals surface area contributed by atoms with Gasteiger partial charge in [-0.15, -0.1) is 0 Å². The van der Waals surface area contributed by atoms with Gasteiger partial charge in [-0.3, -0.25) is 4.57 Å². The van der Waals surface area contributed by atoms with Gasteiger partial charge in [0.15, 0.2) is 46.5 Å². The molecule has 4 aromatic carbocycles. The molecule has 0 heterocycles.